The van der Waals surface area contributed by atoms with Gasteiger partial charge in [-0.15, -0.1) is 0 Å². The smallest absolute Gasteiger partial charge is 0.311 e. The van der Waals surface area contributed by atoms with Crippen molar-refractivity contribution in [1.29, 1.82) is 0 Å². The zero-order valence-corrected chi connectivity index (χ0v) is 12.3. The molecule has 0 bridgehead atoms. The number of hydrogen-bond acceptors (Lipinski definition) is 4. The Labute approximate surface area is 127 Å². The second kappa shape index (κ2) is 7.06. The van der Waals surface area contributed by atoms with E-state index in [9.17, 15) is 10.1 Å². The lowest BCUT2D eigenvalue weighted by Gasteiger charge is -2.12. The first-order valence-corrected chi connectivity index (χ1v) is 6.90. The first kappa shape index (κ1) is 15.3. The van der Waals surface area contributed by atoms with Crippen LogP contribution in [0.4, 0.5) is 5.69 Å². The first-order chi connectivity index (χ1) is 10.1. The van der Waals surface area contributed by atoms with Gasteiger partial charge >= 0.3 is 5.69 Å². The predicted octanol–water partition coefficient (Wildman–Crippen LogP) is 4.15. The van der Waals surface area contributed by atoms with Gasteiger partial charge in [0, 0.05) is 23.2 Å². The molecule has 110 valence electrons. The highest BCUT2D eigenvalue weighted by Gasteiger charge is 2.16. The van der Waals surface area contributed by atoms with E-state index >= 15 is 0 Å². The Kier molecular flexibility index (Phi) is 5.14. The SMILES string of the molecule is CCNCc1cc(Cl)ccc1Oc1ccccc1[N+](=O)[O-]. The van der Waals surface area contributed by atoms with Gasteiger partial charge in [0.25, 0.3) is 0 Å². The lowest BCUT2D eigenvalue weighted by Crippen LogP contribution is -2.12. The highest BCUT2D eigenvalue weighted by atomic mass is 35.5. The molecular weight excluding hydrogens is 292 g/mol. The standard InChI is InChI=1S/C15H15ClN2O3/c1-2-17-10-11-9-12(16)7-8-14(11)21-15-6-4-3-5-13(15)18(19)20/h3-9,17H,2,10H2,1H3. The van der Waals surface area contributed by atoms with Crippen LogP contribution in [0.25, 0.3) is 0 Å². The topological polar surface area (TPSA) is 64.4 Å². The fourth-order valence-electron chi connectivity index (χ4n) is 1.86. The van der Waals surface area contributed by atoms with E-state index in [-0.39, 0.29) is 11.4 Å². The summed E-state index contributed by atoms with van der Waals surface area (Å²) in [6, 6.07) is 11.5. The second-order valence-corrected chi connectivity index (χ2v) is 4.80. The third-order valence-corrected chi connectivity index (χ3v) is 3.10. The summed E-state index contributed by atoms with van der Waals surface area (Å²) in [7, 11) is 0. The molecule has 0 saturated heterocycles. The van der Waals surface area contributed by atoms with Crippen LogP contribution in [0.15, 0.2) is 42.5 Å². The van der Waals surface area contributed by atoms with E-state index in [1.54, 1.807) is 36.4 Å². The Morgan fingerprint density at radius 1 is 1.24 bits per heavy atom. The minimum absolute atomic E-state index is 0.0677. The predicted molar refractivity (Wildman–Crippen MR) is 82.0 cm³/mol. The van der Waals surface area contributed by atoms with Crippen LogP contribution in [0.3, 0.4) is 0 Å². The van der Waals surface area contributed by atoms with Crippen molar-refractivity contribution >= 4 is 17.3 Å². The van der Waals surface area contributed by atoms with Crippen molar-refractivity contribution in [2.45, 2.75) is 13.5 Å². The maximum atomic E-state index is 11.0. The van der Waals surface area contributed by atoms with Crippen LogP contribution < -0.4 is 10.1 Å². The number of ether oxygens (including phenoxy) is 1. The van der Waals surface area contributed by atoms with Crippen LogP contribution in [0.5, 0.6) is 11.5 Å². The number of benzene rings is 2. The molecule has 0 atom stereocenters. The van der Waals surface area contributed by atoms with E-state index in [0.717, 1.165) is 12.1 Å². The molecule has 2 aromatic carbocycles. The monoisotopic (exact) mass is 306 g/mol. The Balaban J connectivity index is 2.33. The minimum Gasteiger partial charge on any atom is -0.450 e. The molecule has 1 N–H and O–H groups in total. The van der Waals surface area contributed by atoms with E-state index in [0.29, 0.717) is 17.3 Å². The normalized spacial score (nSPS) is 10.4. The van der Waals surface area contributed by atoms with Crippen LogP contribution in [0.1, 0.15) is 12.5 Å². The molecule has 2 rings (SSSR count). The van der Waals surface area contributed by atoms with Gasteiger partial charge < -0.3 is 10.1 Å². The Morgan fingerprint density at radius 3 is 2.71 bits per heavy atom. The number of nitro benzene ring substituents is 1. The lowest BCUT2D eigenvalue weighted by atomic mass is 10.2. The molecule has 6 heteroatoms. The molecule has 5 nitrogen and oxygen atoms in total. The average Bonchev–Trinajstić information content (AvgIpc) is 2.47. The quantitative estimate of drug-likeness (QED) is 0.643. The number of nitrogens with zero attached hydrogens (tertiary/aromatic N) is 1. The first-order valence-electron chi connectivity index (χ1n) is 6.52. The number of para-hydroxylation sites is 2. The van der Waals surface area contributed by atoms with E-state index < -0.39 is 4.92 Å². The zero-order valence-electron chi connectivity index (χ0n) is 11.5. The van der Waals surface area contributed by atoms with Crippen LogP contribution in [0.2, 0.25) is 5.02 Å². The molecule has 0 radical (unpaired) electrons. The minimum atomic E-state index is -0.463. The summed E-state index contributed by atoms with van der Waals surface area (Å²) in [4.78, 5) is 10.6. The third kappa shape index (κ3) is 3.93. The van der Waals surface area contributed by atoms with Crippen molar-refractivity contribution < 1.29 is 9.66 Å². The molecule has 0 aliphatic heterocycles. The Bertz CT molecular complexity index is 647. The van der Waals surface area contributed by atoms with Gasteiger partial charge in [-0.1, -0.05) is 30.7 Å². The number of rotatable bonds is 6. The maximum absolute atomic E-state index is 11.0. The molecule has 0 unspecified atom stereocenters. The van der Waals surface area contributed by atoms with Crippen molar-refractivity contribution in [3.05, 3.63) is 63.2 Å². The fourth-order valence-corrected chi connectivity index (χ4v) is 2.05. The van der Waals surface area contributed by atoms with E-state index in [2.05, 4.69) is 5.32 Å². The van der Waals surface area contributed by atoms with Crippen molar-refractivity contribution in [3.63, 3.8) is 0 Å². The van der Waals surface area contributed by atoms with Crippen LogP contribution in [-0.4, -0.2) is 11.5 Å². The van der Waals surface area contributed by atoms with Gasteiger partial charge in [0.15, 0.2) is 0 Å². The van der Waals surface area contributed by atoms with Crippen molar-refractivity contribution in [2.75, 3.05) is 6.54 Å². The van der Waals surface area contributed by atoms with Gasteiger partial charge in [0.05, 0.1) is 4.92 Å². The summed E-state index contributed by atoms with van der Waals surface area (Å²) in [5, 5.41) is 14.8. The van der Waals surface area contributed by atoms with Gasteiger partial charge in [-0.3, -0.25) is 10.1 Å². The summed E-state index contributed by atoms with van der Waals surface area (Å²) in [6.07, 6.45) is 0. The summed E-state index contributed by atoms with van der Waals surface area (Å²) >= 11 is 5.99. The van der Waals surface area contributed by atoms with Gasteiger partial charge in [0.1, 0.15) is 5.75 Å². The molecule has 0 fully saturated rings. The fraction of sp³-hybridized carbons (Fsp3) is 0.200. The van der Waals surface area contributed by atoms with Crippen LogP contribution in [-0.2, 0) is 6.54 Å². The number of nitrogens with one attached hydrogen (secondary N) is 1. The average molecular weight is 307 g/mol. The molecule has 21 heavy (non-hydrogen) atoms. The van der Waals surface area contributed by atoms with E-state index in [1.807, 2.05) is 6.92 Å². The van der Waals surface area contributed by atoms with E-state index in [1.165, 1.54) is 6.07 Å². The van der Waals surface area contributed by atoms with Crippen LogP contribution in [0, 0.1) is 10.1 Å². The highest BCUT2D eigenvalue weighted by molar-refractivity contribution is 6.30. The van der Waals surface area contributed by atoms with Gasteiger partial charge in [-0.05, 0) is 30.8 Å². The molecule has 0 aromatic heterocycles. The molecule has 0 heterocycles. The van der Waals surface area contributed by atoms with E-state index in [4.69, 9.17) is 16.3 Å². The molecule has 0 amide bonds. The maximum Gasteiger partial charge on any atom is 0.311 e. The Morgan fingerprint density at radius 2 is 2.00 bits per heavy atom. The largest absolute Gasteiger partial charge is 0.450 e. The van der Waals surface area contributed by atoms with Gasteiger partial charge in [-0.25, -0.2) is 0 Å². The van der Waals surface area contributed by atoms with Crippen molar-refractivity contribution in [3.8, 4) is 11.5 Å². The Hall–Kier alpha value is -2.11. The molecular formula is C15H15ClN2O3. The number of halogens is 1. The third-order valence-electron chi connectivity index (χ3n) is 2.87. The molecule has 0 spiro atoms. The molecule has 2 aromatic rings. The molecule has 0 aliphatic carbocycles. The molecule has 0 saturated carbocycles. The lowest BCUT2D eigenvalue weighted by molar-refractivity contribution is -0.385. The van der Waals surface area contributed by atoms with Gasteiger partial charge in [-0.2, -0.15) is 0 Å². The summed E-state index contributed by atoms with van der Waals surface area (Å²) < 4.78 is 5.71. The van der Waals surface area contributed by atoms with Crippen molar-refractivity contribution in [1.82, 2.24) is 5.32 Å². The summed E-state index contributed by atoms with van der Waals surface area (Å²) in [5.74, 6) is 0.761. The zero-order chi connectivity index (χ0) is 15.2. The second-order valence-electron chi connectivity index (χ2n) is 4.36. The summed E-state index contributed by atoms with van der Waals surface area (Å²) in [6.45, 7) is 3.37. The van der Waals surface area contributed by atoms with Gasteiger partial charge in [0.2, 0.25) is 5.75 Å². The number of hydrogen-bond donors (Lipinski definition) is 1. The van der Waals surface area contributed by atoms with Crippen LogP contribution >= 0.6 is 11.6 Å². The molecule has 0 aliphatic rings. The van der Waals surface area contributed by atoms with Crippen molar-refractivity contribution in [2.24, 2.45) is 0 Å². The summed E-state index contributed by atoms with van der Waals surface area (Å²) in [5.41, 5.74) is 0.782. The highest BCUT2D eigenvalue weighted by Crippen LogP contribution is 2.33. The number of nitro groups is 1.